The minimum atomic E-state index is -0.145. The van der Waals surface area contributed by atoms with Crippen molar-refractivity contribution in [2.75, 3.05) is 6.54 Å². The SMILES string of the molecule is O=C(CCc1nc2ccccc2c(=O)[nH]1)NCC1CCCCC1. The maximum Gasteiger partial charge on any atom is 0.258 e. The van der Waals surface area contributed by atoms with Crippen molar-refractivity contribution in [1.29, 1.82) is 0 Å². The molecule has 1 aromatic carbocycles. The number of amides is 1. The van der Waals surface area contributed by atoms with E-state index in [1.165, 1.54) is 32.1 Å². The van der Waals surface area contributed by atoms with Crippen molar-refractivity contribution in [3.63, 3.8) is 0 Å². The van der Waals surface area contributed by atoms with Crippen molar-refractivity contribution >= 4 is 16.8 Å². The van der Waals surface area contributed by atoms with Crippen molar-refractivity contribution in [2.24, 2.45) is 5.92 Å². The normalized spacial score (nSPS) is 15.7. The zero-order valence-corrected chi connectivity index (χ0v) is 13.3. The third kappa shape index (κ3) is 4.18. The Morgan fingerprint density at radius 1 is 1.22 bits per heavy atom. The summed E-state index contributed by atoms with van der Waals surface area (Å²) in [5.74, 6) is 1.24. The van der Waals surface area contributed by atoms with Crippen LogP contribution in [-0.2, 0) is 11.2 Å². The topological polar surface area (TPSA) is 74.8 Å². The van der Waals surface area contributed by atoms with Gasteiger partial charge in [0.1, 0.15) is 5.82 Å². The molecule has 0 saturated heterocycles. The lowest BCUT2D eigenvalue weighted by atomic mass is 9.89. The fraction of sp³-hybridized carbons (Fsp3) is 0.500. The van der Waals surface area contributed by atoms with E-state index < -0.39 is 0 Å². The predicted octanol–water partition coefficient (Wildman–Crippen LogP) is 2.55. The molecular formula is C18H23N3O2. The van der Waals surface area contributed by atoms with Gasteiger partial charge in [0.2, 0.25) is 5.91 Å². The second kappa shape index (κ2) is 7.40. The summed E-state index contributed by atoms with van der Waals surface area (Å²) in [6, 6.07) is 7.24. The lowest BCUT2D eigenvalue weighted by Crippen LogP contribution is -2.30. The summed E-state index contributed by atoms with van der Waals surface area (Å²) in [5.41, 5.74) is 0.530. The molecule has 1 aliphatic rings. The summed E-state index contributed by atoms with van der Waals surface area (Å²) >= 11 is 0. The van der Waals surface area contributed by atoms with Gasteiger partial charge in [-0.05, 0) is 30.9 Å². The van der Waals surface area contributed by atoms with Gasteiger partial charge < -0.3 is 10.3 Å². The number of H-pyrrole nitrogens is 1. The number of fused-ring (bicyclic) bond motifs is 1. The van der Waals surface area contributed by atoms with Crippen LogP contribution >= 0.6 is 0 Å². The summed E-state index contributed by atoms with van der Waals surface area (Å²) in [4.78, 5) is 31.1. The van der Waals surface area contributed by atoms with E-state index in [2.05, 4.69) is 15.3 Å². The van der Waals surface area contributed by atoms with E-state index in [1.807, 2.05) is 18.2 Å². The molecule has 0 bridgehead atoms. The van der Waals surface area contributed by atoms with E-state index in [-0.39, 0.29) is 11.5 Å². The molecule has 0 unspecified atom stereocenters. The molecule has 1 aromatic heterocycles. The maximum absolute atomic E-state index is 12.0. The highest BCUT2D eigenvalue weighted by atomic mass is 16.1. The van der Waals surface area contributed by atoms with Crippen LogP contribution in [0.25, 0.3) is 10.9 Å². The standard InChI is InChI=1S/C18H23N3O2/c22-17(19-12-13-6-2-1-3-7-13)11-10-16-20-15-9-5-4-8-14(15)18(23)21-16/h4-5,8-9,13H,1-3,6-7,10-12H2,(H,19,22)(H,20,21,23). The van der Waals surface area contributed by atoms with E-state index in [1.54, 1.807) is 6.07 Å². The molecule has 122 valence electrons. The van der Waals surface area contributed by atoms with Gasteiger partial charge in [-0.25, -0.2) is 4.98 Å². The van der Waals surface area contributed by atoms with E-state index in [9.17, 15) is 9.59 Å². The van der Waals surface area contributed by atoms with Crippen LogP contribution in [0.4, 0.5) is 0 Å². The zero-order valence-electron chi connectivity index (χ0n) is 13.3. The van der Waals surface area contributed by atoms with Gasteiger partial charge in [-0.2, -0.15) is 0 Å². The zero-order chi connectivity index (χ0) is 16.1. The Kier molecular flexibility index (Phi) is 5.05. The van der Waals surface area contributed by atoms with Crippen LogP contribution in [-0.4, -0.2) is 22.4 Å². The molecule has 23 heavy (non-hydrogen) atoms. The summed E-state index contributed by atoms with van der Waals surface area (Å²) in [6.45, 7) is 0.778. The smallest absolute Gasteiger partial charge is 0.258 e. The average Bonchev–Trinajstić information content (AvgIpc) is 2.59. The van der Waals surface area contributed by atoms with Crippen LogP contribution in [0.15, 0.2) is 29.1 Å². The minimum absolute atomic E-state index is 0.0337. The van der Waals surface area contributed by atoms with Gasteiger partial charge in [0.05, 0.1) is 10.9 Å². The van der Waals surface area contributed by atoms with Gasteiger partial charge in [0, 0.05) is 19.4 Å². The Morgan fingerprint density at radius 3 is 2.83 bits per heavy atom. The molecule has 1 fully saturated rings. The number of aromatic nitrogens is 2. The van der Waals surface area contributed by atoms with Crippen molar-refractivity contribution in [1.82, 2.24) is 15.3 Å². The molecule has 0 atom stereocenters. The Bertz CT molecular complexity index is 732. The second-order valence-corrected chi connectivity index (χ2v) is 6.34. The van der Waals surface area contributed by atoms with Crippen LogP contribution in [0.2, 0.25) is 0 Å². The molecule has 2 N–H and O–H groups in total. The third-order valence-corrected chi connectivity index (χ3v) is 4.56. The van der Waals surface area contributed by atoms with E-state index in [0.717, 1.165) is 6.54 Å². The fourth-order valence-electron chi connectivity index (χ4n) is 3.22. The average molecular weight is 313 g/mol. The first kappa shape index (κ1) is 15.7. The van der Waals surface area contributed by atoms with Gasteiger partial charge >= 0.3 is 0 Å². The first-order valence-corrected chi connectivity index (χ1v) is 8.47. The molecule has 2 aromatic rings. The number of aromatic amines is 1. The summed E-state index contributed by atoms with van der Waals surface area (Å²) in [7, 11) is 0. The fourth-order valence-corrected chi connectivity index (χ4v) is 3.22. The quantitative estimate of drug-likeness (QED) is 0.891. The van der Waals surface area contributed by atoms with E-state index in [0.29, 0.717) is 35.5 Å². The Labute approximate surface area is 135 Å². The van der Waals surface area contributed by atoms with Gasteiger partial charge in [-0.1, -0.05) is 31.4 Å². The molecule has 1 aliphatic carbocycles. The van der Waals surface area contributed by atoms with Gasteiger partial charge in [0.15, 0.2) is 0 Å². The molecule has 0 spiro atoms. The van der Waals surface area contributed by atoms with E-state index in [4.69, 9.17) is 0 Å². The first-order valence-electron chi connectivity index (χ1n) is 8.47. The van der Waals surface area contributed by atoms with Crippen LogP contribution in [0.1, 0.15) is 44.3 Å². The van der Waals surface area contributed by atoms with Crippen molar-refractivity contribution < 1.29 is 4.79 Å². The third-order valence-electron chi connectivity index (χ3n) is 4.56. The number of carbonyl (C=O) groups excluding carboxylic acids is 1. The molecule has 0 aliphatic heterocycles. The summed E-state index contributed by atoms with van der Waals surface area (Å²) < 4.78 is 0. The highest BCUT2D eigenvalue weighted by Crippen LogP contribution is 2.22. The number of para-hydroxylation sites is 1. The number of aryl methyl sites for hydroxylation is 1. The predicted molar refractivity (Wildman–Crippen MR) is 90.3 cm³/mol. The van der Waals surface area contributed by atoms with Crippen molar-refractivity contribution in [3.05, 3.63) is 40.4 Å². The van der Waals surface area contributed by atoms with Crippen LogP contribution in [0.3, 0.4) is 0 Å². The van der Waals surface area contributed by atoms with Gasteiger partial charge in [-0.3, -0.25) is 9.59 Å². The largest absolute Gasteiger partial charge is 0.356 e. The van der Waals surface area contributed by atoms with Crippen molar-refractivity contribution in [2.45, 2.75) is 44.9 Å². The number of nitrogens with one attached hydrogen (secondary N) is 2. The van der Waals surface area contributed by atoms with Crippen LogP contribution in [0.5, 0.6) is 0 Å². The van der Waals surface area contributed by atoms with Gasteiger partial charge in [-0.15, -0.1) is 0 Å². The first-order chi connectivity index (χ1) is 11.2. The Hall–Kier alpha value is -2.17. The maximum atomic E-state index is 12.0. The molecule has 5 nitrogen and oxygen atoms in total. The molecular weight excluding hydrogens is 290 g/mol. The molecule has 3 rings (SSSR count). The molecule has 0 radical (unpaired) electrons. The number of benzene rings is 1. The summed E-state index contributed by atoms with van der Waals surface area (Å²) in [6.07, 6.45) is 7.14. The molecule has 1 amide bonds. The van der Waals surface area contributed by atoms with Gasteiger partial charge in [0.25, 0.3) is 5.56 Å². The number of hydrogen-bond donors (Lipinski definition) is 2. The lowest BCUT2D eigenvalue weighted by Gasteiger charge is -2.21. The van der Waals surface area contributed by atoms with Crippen LogP contribution < -0.4 is 10.9 Å². The number of carbonyl (C=O) groups is 1. The molecule has 1 saturated carbocycles. The number of rotatable bonds is 5. The summed E-state index contributed by atoms with van der Waals surface area (Å²) in [5, 5.41) is 3.60. The van der Waals surface area contributed by atoms with Crippen LogP contribution in [0, 0.1) is 5.92 Å². The number of nitrogens with zero attached hydrogens (tertiary/aromatic N) is 1. The molecule has 1 heterocycles. The molecule has 5 heteroatoms. The highest BCUT2D eigenvalue weighted by molar-refractivity contribution is 5.78. The Balaban J connectivity index is 1.53. The second-order valence-electron chi connectivity index (χ2n) is 6.34. The minimum Gasteiger partial charge on any atom is -0.356 e. The van der Waals surface area contributed by atoms with E-state index >= 15 is 0 Å². The lowest BCUT2D eigenvalue weighted by molar-refractivity contribution is -0.121. The number of hydrogen-bond acceptors (Lipinski definition) is 3. The monoisotopic (exact) mass is 313 g/mol. The van der Waals surface area contributed by atoms with Crippen molar-refractivity contribution in [3.8, 4) is 0 Å². The Morgan fingerprint density at radius 2 is 2.00 bits per heavy atom. The highest BCUT2D eigenvalue weighted by Gasteiger charge is 2.14.